The number of nitrogens with zero attached hydrogens (tertiary/aromatic N) is 3. The van der Waals surface area contributed by atoms with Crippen LogP contribution in [0.1, 0.15) is 37.3 Å². The van der Waals surface area contributed by atoms with E-state index in [0.29, 0.717) is 40.7 Å². The Balaban J connectivity index is 1.27. The second kappa shape index (κ2) is 11.4. The Morgan fingerprint density at radius 1 is 1.12 bits per heavy atom. The predicted molar refractivity (Wildman–Crippen MR) is 164 cm³/mol. The molecule has 1 aliphatic heterocycles. The Labute approximate surface area is 244 Å². The molecule has 41 heavy (non-hydrogen) atoms. The standard InChI is InChI=1S/C30H33ClN6O3S/c1-2-37-29-25(19-7-11-22(12-8-19)34-24-16-40-17-24)15-33-30(32)27(29)28(35-37)20-9-13-23(14-10-20)36-41(38,39)18-21-5-3-4-6-26(21)31/h3-7,9-10,13-15,22,24,34,36H,2,8,11-12,16-18H2,1H3,(H2,32,33). The van der Waals surface area contributed by atoms with E-state index in [1.165, 1.54) is 5.57 Å². The Bertz CT molecular complexity index is 1710. The molecule has 6 rings (SSSR count). The van der Waals surface area contributed by atoms with Gasteiger partial charge < -0.3 is 15.8 Å². The number of rotatable bonds is 9. The number of halogens is 1. The molecule has 1 saturated heterocycles. The Hall–Kier alpha value is -3.44. The van der Waals surface area contributed by atoms with E-state index in [0.717, 1.165) is 60.2 Å². The number of allylic oxidation sites excluding steroid dienone is 1. The fourth-order valence-corrected chi connectivity index (χ4v) is 7.04. The summed E-state index contributed by atoms with van der Waals surface area (Å²) in [6, 6.07) is 15.0. The molecular weight excluding hydrogens is 560 g/mol. The van der Waals surface area contributed by atoms with Crippen LogP contribution in [0.5, 0.6) is 0 Å². The van der Waals surface area contributed by atoms with E-state index >= 15 is 0 Å². The van der Waals surface area contributed by atoms with Gasteiger partial charge in [0, 0.05) is 40.6 Å². The first-order valence-corrected chi connectivity index (χ1v) is 15.9. The van der Waals surface area contributed by atoms with Gasteiger partial charge in [-0.15, -0.1) is 0 Å². The Morgan fingerprint density at radius 3 is 2.56 bits per heavy atom. The summed E-state index contributed by atoms with van der Waals surface area (Å²) in [6.45, 7) is 4.32. The highest BCUT2D eigenvalue weighted by atomic mass is 35.5. The first-order valence-electron chi connectivity index (χ1n) is 13.8. The van der Waals surface area contributed by atoms with Crippen LogP contribution in [0.2, 0.25) is 5.02 Å². The average Bonchev–Trinajstić information content (AvgIpc) is 3.33. The van der Waals surface area contributed by atoms with Crippen molar-refractivity contribution in [2.24, 2.45) is 0 Å². The molecule has 2 aromatic heterocycles. The van der Waals surface area contributed by atoms with Gasteiger partial charge in [-0.2, -0.15) is 5.10 Å². The molecule has 0 spiro atoms. The minimum atomic E-state index is -3.66. The molecule has 9 nitrogen and oxygen atoms in total. The highest BCUT2D eigenvalue weighted by molar-refractivity contribution is 7.91. The molecule has 1 fully saturated rings. The van der Waals surface area contributed by atoms with Crippen LogP contribution in [0.4, 0.5) is 11.5 Å². The van der Waals surface area contributed by atoms with Crippen molar-refractivity contribution in [2.75, 3.05) is 23.7 Å². The zero-order valence-electron chi connectivity index (χ0n) is 22.8. The van der Waals surface area contributed by atoms with E-state index in [9.17, 15) is 8.42 Å². The zero-order chi connectivity index (χ0) is 28.6. The van der Waals surface area contributed by atoms with Crippen LogP contribution >= 0.6 is 11.6 Å². The molecule has 3 heterocycles. The average molecular weight is 593 g/mol. The monoisotopic (exact) mass is 592 g/mol. The van der Waals surface area contributed by atoms with Gasteiger partial charge in [0.2, 0.25) is 10.0 Å². The third kappa shape index (κ3) is 5.83. The van der Waals surface area contributed by atoms with Crippen LogP contribution < -0.4 is 15.8 Å². The highest BCUT2D eigenvalue weighted by Crippen LogP contribution is 2.38. The molecule has 0 radical (unpaired) electrons. The summed E-state index contributed by atoms with van der Waals surface area (Å²) in [7, 11) is -3.66. The zero-order valence-corrected chi connectivity index (χ0v) is 24.4. The minimum absolute atomic E-state index is 0.216. The maximum atomic E-state index is 12.8. The number of nitrogens with two attached hydrogens (primary N) is 1. The third-order valence-electron chi connectivity index (χ3n) is 7.70. The van der Waals surface area contributed by atoms with Gasteiger partial charge in [0.25, 0.3) is 0 Å². The van der Waals surface area contributed by atoms with Gasteiger partial charge in [-0.3, -0.25) is 9.40 Å². The van der Waals surface area contributed by atoms with Crippen molar-refractivity contribution in [3.8, 4) is 11.3 Å². The molecule has 1 atom stereocenters. The number of nitrogen functional groups attached to an aromatic ring is 1. The Morgan fingerprint density at radius 2 is 1.90 bits per heavy atom. The van der Waals surface area contributed by atoms with Gasteiger partial charge >= 0.3 is 0 Å². The largest absolute Gasteiger partial charge is 0.383 e. The van der Waals surface area contributed by atoms with Crippen LogP contribution in [0.25, 0.3) is 27.7 Å². The van der Waals surface area contributed by atoms with Crippen molar-refractivity contribution < 1.29 is 13.2 Å². The predicted octanol–water partition coefficient (Wildman–Crippen LogP) is 5.22. The van der Waals surface area contributed by atoms with E-state index in [1.807, 2.05) is 23.0 Å². The summed E-state index contributed by atoms with van der Waals surface area (Å²) in [4.78, 5) is 4.57. The number of ether oxygens (including phenoxy) is 1. The number of hydrogen-bond acceptors (Lipinski definition) is 7. The molecule has 11 heteroatoms. The molecule has 2 aromatic carbocycles. The smallest absolute Gasteiger partial charge is 0.236 e. The topological polar surface area (TPSA) is 124 Å². The fraction of sp³-hybridized carbons (Fsp3) is 0.333. The molecule has 1 unspecified atom stereocenters. The van der Waals surface area contributed by atoms with Gasteiger partial charge in [0.15, 0.2) is 0 Å². The summed E-state index contributed by atoms with van der Waals surface area (Å²) < 4.78 is 35.5. The maximum Gasteiger partial charge on any atom is 0.236 e. The van der Waals surface area contributed by atoms with E-state index in [4.69, 9.17) is 27.2 Å². The summed E-state index contributed by atoms with van der Waals surface area (Å²) >= 11 is 6.16. The second-order valence-electron chi connectivity index (χ2n) is 10.6. The molecule has 1 aliphatic carbocycles. The van der Waals surface area contributed by atoms with Gasteiger partial charge in [-0.1, -0.05) is 48.0 Å². The normalized spacial score (nSPS) is 17.8. The van der Waals surface area contributed by atoms with Gasteiger partial charge in [-0.05, 0) is 55.5 Å². The van der Waals surface area contributed by atoms with E-state index in [1.54, 1.807) is 36.4 Å². The summed E-state index contributed by atoms with van der Waals surface area (Å²) in [6.07, 6.45) is 7.13. The molecule has 4 aromatic rings. The maximum absolute atomic E-state index is 12.8. The SMILES string of the molecule is CCn1nc(-c2ccc(NS(=O)(=O)Cc3ccccc3Cl)cc2)c2c(N)ncc(C3=CCC(NC4COC4)CC3)c21. The molecule has 2 aliphatic rings. The summed E-state index contributed by atoms with van der Waals surface area (Å²) in [5.74, 6) is 0.205. The van der Waals surface area contributed by atoms with Crippen molar-refractivity contribution in [2.45, 2.75) is 50.6 Å². The fourth-order valence-electron chi connectivity index (χ4n) is 5.53. The number of pyridine rings is 1. The van der Waals surface area contributed by atoms with Gasteiger partial charge in [0.1, 0.15) is 11.5 Å². The second-order valence-corrected chi connectivity index (χ2v) is 12.7. The van der Waals surface area contributed by atoms with Crippen molar-refractivity contribution in [3.05, 3.63) is 77.0 Å². The van der Waals surface area contributed by atoms with Crippen LogP contribution in [-0.4, -0.2) is 48.5 Å². The molecule has 0 amide bonds. The van der Waals surface area contributed by atoms with Crippen molar-refractivity contribution in [1.29, 1.82) is 0 Å². The lowest BCUT2D eigenvalue weighted by Crippen LogP contribution is -2.50. The summed E-state index contributed by atoms with van der Waals surface area (Å²) in [5.41, 5.74) is 12.3. The molecule has 4 N–H and O–H groups in total. The van der Waals surface area contributed by atoms with Crippen molar-refractivity contribution in [3.63, 3.8) is 0 Å². The number of aryl methyl sites for hydroxylation is 1. The number of fused-ring (bicyclic) bond motifs is 1. The Kier molecular flexibility index (Phi) is 7.74. The van der Waals surface area contributed by atoms with Crippen LogP contribution in [0.3, 0.4) is 0 Å². The summed E-state index contributed by atoms with van der Waals surface area (Å²) in [5, 5.41) is 9.84. The quantitative estimate of drug-likeness (QED) is 0.243. The van der Waals surface area contributed by atoms with E-state index in [2.05, 4.69) is 28.0 Å². The van der Waals surface area contributed by atoms with E-state index in [-0.39, 0.29) is 5.75 Å². The molecule has 214 valence electrons. The number of benzene rings is 2. The first-order chi connectivity index (χ1) is 19.8. The van der Waals surface area contributed by atoms with Gasteiger partial charge in [-0.25, -0.2) is 13.4 Å². The lowest BCUT2D eigenvalue weighted by atomic mass is 9.89. The number of nitrogens with one attached hydrogen (secondary N) is 2. The molecule has 0 bridgehead atoms. The highest BCUT2D eigenvalue weighted by Gasteiger charge is 2.26. The van der Waals surface area contributed by atoms with E-state index < -0.39 is 10.0 Å². The lowest BCUT2D eigenvalue weighted by Gasteiger charge is -2.33. The number of aromatic nitrogens is 3. The van der Waals surface area contributed by atoms with Crippen molar-refractivity contribution >= 4 is 49.6 Å². The number of sulfonamides is 1. The number of hydrogen-bond donors (Lipinski definition) is 3. The molecular formula is C30H33ClN6O3S. The number of anilines is 2. The third-order valence-corrected chi connectivity index (χ3v) is 9.30. The lowest BCUT2D eigenvalue weighted by molar-refractivity contribution is -0.0103. The van der Waals surface area contributed by atoms with Crippen LogP contribution in [-0.2, 0) is 27.1 Å². The van der Waals surface area contributed by atoms with Crippen LogP contribution in [0.15, 0.2) is 60.8 Å². The van der Waals surface area contributed by atoms with Gasteiger partial charge in [0.05, 0.1) is 35.9 Å². The van der Waals surface area contributed by atoms with Crippen LogP contribution in [0, 0.1) is 0 Å². The first kappa shape index (κ1) is 27.7. The molecule has 0 saturated carbocycles. The minimum Gasteiger partial charge on any atom is -0.383 e. The van der Waals surface area contributed by atoms with Crippen molar-refractivity contribution in [1.82, 2.24) is 20.1 Å².